The average Bonchev–Trinajstić information content (AvgIpc) is 2.30. The first kappa shape index (κ1) is 12.1. The summed E-state index contributed by atoms with van der Waals surface area (Å²) < 4.78 is 0. The first-order valence-electron chi connectivity index (χ1n) is 4.93. The fourth-order valence-corrected chi connectivity index (χ4v) is 1.36. The SMILES string of the molecule is CC(N=C=O)c1ccc(C(C)N=C=O)cc1. The molecule has 0 spiro atoms. The zero-order chi connectivity index (χ0) is 12.0. The van der Waals surface area contributed by atoms with Gasteiger partial charge in [0, 0.05) is 0 Å². The second-order valence-corrected chi connectivity index (χ2v) is 3.46. The number of nitrogens with zero attached hydrogens (tertiary/aromatic N) is 2. The summed E-state index contributed by atoms with van der Waals surface area (Å²) in [5.41, 5.74) is 1.85. The highest BCUT2D eigenvalue weighted by Crippen LogP contribution is 2.21. The Balaban J connectivity index is 2.90. The van der Waals surface area contributed by atoms with Crippen LogP contribution in [0.1, 0.15) is 37.1 Å². The molecule has 1 aromatic carbocycles. The topological polar surface area (TPSA) is 58.9 Å². The molecular weight excluding hydrogens is 204 g/mol. The molecule has 4 nitrogen and oxygen atoms in total. The van der Waals surface area contributed by atoms with Crippen LogP contribution in [0.4, 0.5) is 0 Å². The van der Waals surface area contributed by atoms with E-state index in [1.807, 2.05) is 38.1 Å². The predicted octanol–water partition coefficient (Wildman–Crippen LogP) is 2.48. The monoisotopic (exact) mass is 216 g/mol. The van der Waals surface area contributed by atoms with Crippen molar-refractivity contribution in [3.63, 3.8) is 0 Å². The van der Waals surface area contributed by atoms with Gasteiger partial charge in [0.25, 0.3) is 0 Å². The third-order valence-electron chi connectivity index (χ3n) is 2.39. The summed E-state index contributed by atoms with van der Waals surface area (Å²) in [6.07, 6.45) is 3.06. The smallest absolute Gasteiger partial charge is 0.211 e. The van der Waals surface area contributed by atoms with Gasteiger partial charge in [0.1, 0.15) is 0 Å². The van der Waals surface area contributed by atoms with Gasteiger partial charge >= 0.3 is 0 Å². The molecule has 0 aliphatic heterocycles. The quantitative estimate of drug-likeness (QED) is 0.573. The average molecular weight is 216 g/mol. The van der Waals surface area contributed by atoms with Crippen molar-refractivity contribution in [3.8, 4) is 0 Å². The minimum atomic E-state index is -0.198. The van der Waals surface area contributed by atoms with Gasteiger partial charge in [-0.2, -0.15) is 9.98 Å². The Kier molecular flexibility index (Phi) is 4.34. The van der Waals surface area contributed by atoms with Crippen LogP contribution in [-0.4, -0.2) is 12.2 Å². The summed E-state index contributed by atoms with van der Waals surface area (Å²) in [4.78, 5) is 27.4. The van der Waals surface area contributed by atoms with Crippen LogP contribution in [0.3, 0.4) is 0 Å². The van der Waals surface area contributed by atoms with Crippen molar-refractivity contribution in [2.75, 3.05) is 0 Å². The molecule has 0 bridgehead atoms. The summed E-state index contributed by atoms with van der Waals surface area (Å²) >= 11 is 0. The highest BCUT2D eigenvalue weighted by atomic mass is 16.1. The Labute approximate surface area is 93.7 Å². The molecule has 0 radical (unpaired) electrons. The highest BCUT2D eigenvalue weighted by molar-refractivity contribution is 5.37. The van der Waals surface area contributed by atoms with Crippen LogP contribution in [-0.2, 0) is 9.59 Å². The lowest BCUT2D eigenvalue weighted by atomic mass is 10.0. The van der Waals surface area contributed by atoms with Gasteiger partial charge < -0.3 is 0 Å². The molecule has 1 rings (SSSR count). The lowest BCUT2D eigenvalue weighted by Gasteiger charge is -2.07. The third-order valence-corrected chi connectivity index (χ3v) is 2.39. The Morgan fingerprint density at radius 2 is 1.19 bits per heavy atom. The standard InChI is InChI=1S/C12H12N2O2/c1-9(13-7-15)11-3-5-12(6-4-11)10(2)14-8-16/h3-6,9-10H,1-2H3. The zero-order valence-corrected chi connectivity index (χ0v) is 9.18. The maximum absolute atomic E-state index is 10.1. The Bertz CT molecular complexity index is 398. The molecule has 0 amide bonds. The van der Waals surface area contributed by atoms with Crippen LogP contribution in [0, 0.1) is 0 Å². The van der Waals surface area contributed by atoms with E-state index in [1.165, 1.54) is 12.2 Å². The zero-order valence-electron chi connectivity index (χ0n) is 9.18. The summed E-state index contributed by atoms with van der Waals surface area (Å²) in [6.45, 7) is 3.62. The molecule has 0 saturated carbocycles. The van der Waals surface area contributed by atoms with E-state index >= 15 is 0 Å². The molecule has 16 heavy (non-hydrogen) atoms. The largest absolute Gasteiger partial charge is 0.235 e. The first-order chi connectivity index (χ1) is 7.69. The molecular formula is C12H12N2O2. The van der Waals surface area contributed by atoms with Crippen LogP contribution >= 0.6 is 0 Å². The van der Waals surface area contributed by atoms with E-state index in [1.54, 1.807) is 0 Å². The number of rotatable bonds is 4. The second-order valence-electron chi connectivity index (χ2n) is 3.46. The van der Waals surface area contributed by atoms with Crippen LogP contribution in [0.2, 0.25) is 0 Å². The fraction of sp³-hybridized carbons (Fsp3) is 0.333. The van der Waals surface area contributed by atoms with Crippen molar-refractivity contribution in [2.24, 2.45) is 9.98 Å². The fourth-order valence-electron chi connectivity index (χ4n) is 1.36. The Morgan fingerprint density at radius 3 is 1.44 bits per heavy atom. The summed E-state index contributed by atoms with van der Waals surface area (Å²) in [5.74, 6) is 0. The van der Waals surface area contributed by atoms with Gasteiger partial charge in [-0.3, -0.25) is 0 Å². The number of isocyanates is 2. The van der Waals surface area contributed by atoms with Gasteiger partial charge in [-0.25, -0.2) is 9.59 Å². The van der Waals surface area contributed by atoms with Gasteiger partial charge in [0.15, 0.2) is 0 Å². The molecule has 2 atom stereocenters. The van der Waals surface area contributed by atoms with Crippen molar-refractivity contribution >= 4 is 12.2 Å². The van der Waals surface area contributed by atoms with E-state index in [-0.39, 0.29) is 12.1 Å². The molecule has 82 valence electrons. The lowest BCUT2D eigenvalue weighted by molar-refractivity contribution is 0.558. The van der Waals surface area contributed by atoms with Gasteiger partial charge in [-0.15, -0.1) is 0 Å². The minimum absolute atomic E-state index is 0.198. The molecule has 0 fully saturated rings. The van der Waals surface area contributed by atoms with Gasteiger partial charge in [-0.1, -0.05) is 24.3 Å². The first-order valence-corrected chi connectivity index (χ1v) is 4.93. The number of carbonyl (C=O) groups excluding carboxylic acids is 2. The molecule has 4 heteroatoms. The third kappa shape index (κ3) is 2.99. The predicted molar refractivity (Wildman–Crippen MR) is 59.5 cm³/mol. The van der Waals surface area contributed by atoms with Crippen LogP contribution in [0.25, 0.3) is 0 Å². The van der Waals surface area contributed by atoms with Crippen molar-refractivity contribution in [3.05, 3.63) is 35.4 Å². The van der Waals surface area contributed by atoms with Crippen molar-refractivity contribution in [1.29, 1.82) is 0 Å². The van der Waals surface area contributed by atoms with Gasteiger partial charge in [-0.05, 0) is 25.0 Å². The highest BCUT2D eigenvalue weighted by Gasteiger charge is 2.06. The van der Waals surface area contributed by atoms with Gasteiger partial charge in [0.05, 0.1) is 12.1 Å². The van der Waals surface area contributed by atoms with Crippen molar-refractivity contribution < 1.29 is 9.59 Å². The van der Waals surface area contributed by atoms with Crippen molar-refractivity contribution in [1.82, 2.24) is 0 Å². The van der Waals surface area contributed by atoms with E-state index in [0.717, 1.165) is 11.1 Å². The summed E-state index contributed by atoms with van der Waals surface area (Å²) in [6, 6.07) is 7.04. The normalized spacial score (nSPS) is 13.1. The molecule has 1 aromatic rings. The van der Waals surface area contributed by atoms with E-state index in [0.29, 0.717) is 0 Å². The minimum Gasteiger partial charge on any atom is -0.211 e. The Morgan fingerprint density at radius 1 is 0.875 bits per heavy atom. The molecule has 0 aliphatic rings. The summed E-state index contributed by atoms with van der Waals surface area (Å²) in [7, 11) is 0. The van der Waals surface area contributed by atoms with E-state index in [4.69, 9.17) is 0 Å². The van der Waals surface area contributed by atoms with Crippen LogP contribution < -0.4 is 0 Å². The maximum atomic E-state index is 10.1. The number of hydrogen-bond acceptors (Lipinski definition) is 4. The summed E-state index contributed by atoms with van der Waals surface area (Å²) in [5, 5.41) is 0. The van der Waals surface area contributed by atoms with Crippen molar-refractivity contribution in [2.45, 2.75) is 25.9 Å². The maximum Gasteiger partial charge on any atom is 0.235 e. The number of hydrogen-bond donors (Lipinski definition) is 0. The number of aliphatic imine (C=N–C) groups is 2. The number of benzene rings is 1. The molecule has 0 N–H and O–H groups in total. The van der Waals surface area contributed by atoms with E-state index < -0.39 is 0 Å². The van der Waals surface area contributed by atoms with E-state index in [9.17, 15) is 9.59 Å². The van der Waals surface area contributed by atoms with Crippen LogP contribution in [0.5, 0.6) is 0 Å². The molecule has 0 heterocycles. The van der Waals surface area contributed by atoms with Crippen LogP contribution in [0.15, 0.2) is 34.3 Å². The van der Waals surface area contributed by atoms with E-state index in [2.05, 4.69) is 9.98 Å². The molecule has 2 unspecified atom stereocenters. The molecule has 0 saturated heterocycles. The Hall–Kier alpha value is -2.02. The van der Waals surface area contributed by atoms with Gasteiger partial charge in [0.2, 0.25) is 12.2 Å². The molecule has 0 aromatic heterocycles. The molecule has 0 aliphatic carbocycles. The second kappa shape index (κ2) is 5.76. The lowest BCUT2D eigenvalue weighted by Crippen LogP contribution is -1.92.